The molecule has 7 aromatic carbocycles. The number of fused-ring (bicyclic) bond motifs is 5. The molecule has 0 saturated heterocycles. The van der Waals surface area contributed by atoms with Crippen molar-refractivity contribution in [1.82, 2.24) is 15.0 Å². The zero-order valence-corrected chi connectivity index (χ0v) is 24.0. The lowest BCUT2D eigenvalue weighted by Crippen LogP contribution is -2.00. The van der Waals surface area contributed by atoms with Crippen LogP contribution in [0.3, 0.4) is 0 Å². The fraction of sp³-hybridized carbons (Fsp3) is 0. The van der Waals surface area contributed by atoms with E-state index >= 15 is 0 Å². The van der Waals surface area contributed by atoms with E-state index in [0.29, 0.717) is 17.5 Å². The van der Waals surface area contributed by atoms with Crippen LogP contribution in [0.2, 0.25) is 0 Å². The Morgan fingerprint density at radius 3 is 2.11 bits per heavy atom. The van der Waals surface area contributed by atoms with E-state index in [1.807, 2.05) is 66.7 Å². The van der Waals surface area contributed by atoms with Gasteiger partial charge in [0.25, 0.3) is 0 Å². The van der Waals surface area contributed by atoms with E-state index in [0.717, 1.165) is 60.5 Å². The maximum Gasteiger partial charge on any atom is 0.164 e. The van der Waals surface area contributed by atoms with Gasteiger partial charge in [-0.1, -0.05) is 121 Å². The number of hydrogen-bond acceptors (Lipinski definition) is 4. The van der Waals surface area contributed by atoms with Crippen molar-refractivity contribution in [3.8, 4) is 45.3 Å². The van der Waals surface area contributed by atoms with Crippen LogP contribution >= 0.6 is 0 Å². The van der Waals surface area contributed by atoms with Crippen LogP contribution < -0.4 is 0 Å². The molecule has 2 aromatic heterocycles. The Labute approximate surface area is 259 Å². The standard InChI is InChI=1S/C41H23N3O/c1-2-11-27(12-3-1)39-42-40(44-41(43-39)35-17-9-19-37-38(35)34-15-6-7-18-36(34)45-37)31-22-23-33-29(25-31)14-8-16-32(33)30-21-20-26-10-4-5-13-28(26)24-30/h1-7,9-13,15-25H. The van der Waals surface area contributed by atoms with Crippen LogP contribution in [0.1, 0.15) is 0 Å². The van der Waals surface area contributed by atoms with E-state index in [4.69, 9.17) is 19.4 Å². The summed E-state index contributed by atoms with van der Waals surface area (Å²) >= 11 is 0. The van der Waals surface area contributed by atoms with Crippen LogP contribution in [0.4, 0.5) is 0 Å². The minimum atomic E-state index is 0.593. The van der Waals surface area contributed by atoms with Crippen molar-refractivity contribution in [2.45, 2.75) is 0 Å². The lowest BCUT2D eigenvalue weighted by Gasteiger charge is -2.10. The van der Waals surface area contributed by atoms with Gasteiger partial charge in [-0.15, -0.1) is 0 Å². The normalized spacial score (nSPS) is 11.4. The molecule has 0 saturated carbocycles. The summed E-state index contributed by atoms with van der Waals surface area (Å²) in [6, 6.07) is 54.0. The van der Waals surface area contributed by atoms with Crippen molar-refractivity contribution in [2.24, 2.45) is 0 Å². The molecule has 9 rings (SSSR count). The molecule has 0 unspecified atom stereocenters. The third-order valence-corrected chi connectivity index (χ3v) is 8.36. The van der Waals surface area contributed by atoms with Gasteiger partial charge in [0.15, 0.2) is 17.5 Å². The van der Waals surface area contributed by atoms with E-state index in [9.17, 15) is 0 Å². The summed E-state index contributed by atoms with van der Waals surface area (Å²) in [4.78, 5) is 15.0. The van der Waals surface area contributed by atoms with Gasteiger partial charge in [-0.05, 0) is 57.6 Å². The molecular weight excluding hydrogens is 550 g/mol. The molecule has 0 aliphatic heterocycles. The molecule has 4 heteroatoms. The second-order valence-corrected chi connectivity index (χ2v) is 11.1. The molecule has 0 aliphatic rings. The predicted octanol–water partition coefficient (Wildman–Crippen LogP) is 10.3. The molecule has 0 N–H and O–H groups in total. The molecule has 0 aliphatic carbocycles. The first-order valence-electron chi connectivity index (χ1n) is 14.9. The van der Waals surface area contributed by atoms with Crippen LogP contribution in [0.25, 0.3) is 88.8 Å². The Morgan fingerprint density at radius 2 is 1.20 bits per heavy atom. The summed E-state index contributed by atoms with van der Waals surface area (Å²) in [7, 11) is 0. The third-order valence-electron chi connectivity index (χ3n) is 8.36. The quantitative estimate of drug-likeness (QED) is 0.210. The van der Waals surface area contributed by atoms with Gasteiger partial charge in [-0.25, -0.2) is 15.0 Å². The van der Waals surface area contributed by atoms with Crippen molar-refractivity contribution in [1.29, 1.82) is 0 Å². The summed E-state index contributed by atoms with van der Waals surface area (Å²) in [5.74, 6) is 1.80. The highest BCUT2D eigenvalue weighted by molar-refractivity contribution is 6.11. The number of para-hydroxylation sites is 1. The highest BCUT2D eigenvalue weighted by atomic mass is 16.3. The summed E-state index contributed by atoms with van der Waals surface area (Å²) in [5.41, 5.74) is 6.60. The topological polar surface area (TPSA) is 51.8 Å². The van der Waals surface area contributed by atoms with Gasteiger partial charge >= 0.3 is 0 Å². The second-order valence-electron chi connectivity index (χ2n) is 11.1. The van der Waals surface area contributed by atoms with E-state index in [-0.39, 0.29) is 0 Å². The van der Waals surface area contributed by atoms with Gasteiger partial charge in [0.05, 0.1) is 0 Å². The average Bonchev–Trinajstić information content (AvgIpc) is 3.50. The number of nitrogens with zero attached hydrogens (tertiary/aromatic N) is 3. The van der Waals surface area contributed by atoms with E-state index < -0.39 is 0 Å². The van der Waals surface area contributed by atoms with Crippen LogP contribution in [0.15, 0.2) is 144 Å². The number of hydrogen-bond donors (Lipinski definition) is 0. The van der Waals surface area contributed by atoms with E-state index in [1.54, 1.807) is 0 Å². The first kappa shape index (κ1) is 25.2. The molecule has 9 aromatic rings. The first-order chi connectivity index (χ1) is 22.3. The highest BCUT2D eigenvalue weighted by Crippen LogP contribution is 2.37. The molecule has 0 amide bonds. The molecule has 0 spiro atoms. The molecule has 0 bridgehead atoms. The molecule has 4 nitrogen and oxygen atoms in total. The van der Waals surface area contributed by atoms with Gasteiger partial charge in [0.2, 0.25) is 0 Å². The average molecular weight is 574 g/mol. The van der Waals surface area contributed by atoms with Gasteiger partial charge in [-0.3, -0.25) is 0 Å². The maximum absolute atomic E-state index is 6.19. The summed E-state index contributed by atoms with van der Waals surface area (Å²) < 4.78 is 6.19. The Kier molecular flexibility index (Phi) is 5.69. The SMILES string of the molecule is c1cc(-c2ccc3ccccc3c2)c2ccc(-c3nc(-c4ccccc4)nc(-c4cccc5oc6ccccc6c45)n3)cc2c#1. The largest absolute Gasteiger partial charge is 0.456 e. The van der Waals surface area contributed by atoms with E-state index in [2.05, 4.69) is 84.9 Å². The molecule has 2 heterocycles. The number of benzene rings is 6. The minimum Gasteiger partial charge on any atom is -0.456 e. The molecule has 0 radical (unpaired) electrons. The monoisotopic (exact) mass is 573 g/mol. The van der Waals surface area contributed by atoms with Crippen LogP contribution in [0.5, 0.6) is 0 Å². The zero-order valence-electron chi connectivity index (χ0n) is 24.0. The lowest BCUT2D eigenvalue weighted by molar-refractivity contribution is 0.669. The Balaban J connectivity index is 1.23. The van der Waals surface area contributed by atoms with E-state index in [1.165, 1.54) is 10.8 Å². The zero-order chi connectivity index (χ0) is 29.7. The van der Waals surface area contributed by atoms with Gasteiger partial charge < -0.3 is 4.42 Å². The maximum atomic E-state index is 6.19. The van der Waals surface area contributed by atoms with Gasteiger partial charge in [-0.2, -0.15) is 0 Å². The summed E-state index contributed by atoms with van der Waals surface area (Å²) in [6.07, 6.45) is 0. The number of rotatable bonds is 4. The fourth-order valence-electron chi connectivity index (χ4n) is 6.18. The Hall–Kier alpha value is -6.31. The minimum absolute atomic E-state index is 0.593. The highest BCUT2D eigenvalue weighted by Gasteiger charge is 2.18. The van der Waals surface area contributed by atoms with Crippen LogP contribution in [-0.4, -0.2) is 15.0 Å². The fourth-order valence-corrected chi connectivity index (χ4v) is 6.18. The smallest absolute Gasteiger partial charge is 0.164 e. The van der Waals surface area contributed by atoms with Crippen molar-refractivity contribution in [3.05, 3.63) is 152 Å². The van der Waals surface area contributed by atoms with Crippen LogP contribution in [-0.2, 0) is 0 Å². The van der Waals surface area contributed by atoms with Gasteiger partial charge in [0.1, 0.15) is 11.2 Å². The lowest BCUT2D eigenvalue weighted by atomic mass is 9.96. The van der Waals surface area contributed by atoms with Crippen LogP contribution in [0, 0.1) is 12.1 Å². The summed E-state index contributed by atoms with van der Waals surface area (Å²) in [5, 5.41) is 6.50. The third kappa shape index (κ3) is 4.30. The molecule has 45 heavy (non-hydrogen) atoms. The van der Waals surface area contributed by atoms with Crippen molar-refractivity contribution >= 4 is 43.5 Å². The van der Waals surface area contributed by atoms with Crippen molar-refractivity contribution < 1.29 is 4.42 Å². The molecule has 208 valence electrons. The number of furan rings is 1. The Morgan fingerprint density at radius 1 is 0.467 bits per heavy atom. The molecule has 0 fully saturated rings. The van der Waals surface area contributed by atoms with Crippen molar-refractivity contribution in [2.75, 3.05) is 0 Å². The number of aromatic nitrogens is 3. The predicted molar refractivity (Wildman–Crippen MR) is 182 cm³/mol. The van der Waals surface area contributed by atoms with Gasteiger partial charge in [0, 0.05) is 32.8 Å². The summed E-state index contributed by atoms with van der Waals surface area (Å²) in [6.45, 7) is 0. The molecular formula is C41H23N3O. The van der Waals surface area contributed by atoms with Crippen molar-refractivity contribution in [3.63, 3.8) is 0 Å². The second kappa shape index (κ2) is 10.2. The Bertz CT molecular complexity index is 2550. The molecule has 0 atom stereocenters. The first-order valence-corrected chi connectivity index (χ1v) is 14.9.